The average Bonchev–Trinajstić information content (AvgIpc) is 2.96. The highest BCUT2D eigenvalue weighted by atomic mass is 15.2. The van der Waals surface area contributed by atoms with Gasteiger partial charge in [0.1, 0.15) is 0 Å². The second-order valence-corrected chi connectivity index (χ2v) is 6.58. The zero-order valence-electron chi connectivity index (χ0n) is 13.1. The van der Waals surface area contributed by atoms with Gasteiger partial charge in [0.05, 0.1) is 0 Å². The number of hydrogen-bond donors (Lipinski definition) is 2. The predicted octanol–water partition coefficient (Wildman–Crippen LogP) is 4.16. The summed E-state index contributed by atoms with van der Waals surface area (Å²) >= 11 is 0. The van der Waals surface area contributed by atoms with E-state index in [1.807, 2.05) is 0 Å². The minimum Gasteiger partial charge on any atom is -0.271 e. The summed E-state index contributed by atoms with van der Waals surface area (Å²) in [6, 6.07) is 11.4. The lowest BCUT2D eigenvalue weighted by Gasteiger charge is -2.39. The van der Waals surface area contributed by atoms with Crippen molar-refractivity contribution in [1.82, 2.24) is 5.43 Å². The van der Waals surface area contributed by atoms with E-state index in [1.54, 1.807) is 0 Å². The summed E-state index contributed by atoms with van der Waals surface area (Å²) in [5, 5.41) is 0. The van der Waals surface area contributed by atoms with Gasteiger partial charge in [-0.15, -0.1) is 0 Å². The molecule has 2 unspecified atom stereocenters. The average molecular weight is 274 g/mol. The van der Waals surface area contributed by atoms with Crippen LogP contribution in [0.15, 0.2) is 30.3 Å². The quantitative estimate of drug-likeness (QED) is 0.579. The molecule has 20 heavy (non-hydrogen) atoms. The molecule has 0 amide bonds. The van der Waals surface area contributed by atoms with Gasteiger partial charge in [0.15, 0.2) is 0 Å². The van der Waals surface area contributed by atoms with Gasteiger partial charge in [-0.2, -0.15) is 0 Å². The first-order chi connectivity index (χ1) is 9.73. The van der Waals surface area contributed by atoms with E-state index in [0.717, 1.165) is 5.92 Å². The van der Waals surface area contributed by atoms with Crippen LogP contribution >= 0.6 is 0 Å². The topological polar surface area (TPSA) is 38.0 Å². The van der Waals surface area contributed by atoms with Gasteiger partial charge in [-0.05, 0) is 30.7 Å². The predicted molar refractivity (Wildman–Crippen MR) is 86.4 cm³/mol. The number of benzene rings is 1. The van der Waals surface area contributed by atoms with Crippen molar-refractivity contribution in [2.24, 2.45) is 11.8 Å². The van der Waals surface area contributed by atoms with E-state index >= 15 is 0 Å². The summed E-state index contributed by atoms with van der Waals surface area (Å²) in [6.07, 6.45) is 8.93. The fraction of sp³-hybridized carbons (Fsp3) is 0.667. The molecule has 2 atom stereocenters. The van der Waals surface area contributed by atoms with E-state index < -0.39 is 0 Å². The van der Waals surface area contributed by atoms with Crippen LogP contribution in [0.2, 0.25) is 0 Å². The molecule has 1 aromatic carbocycles. The highest BCUT2D eigenvalue weighted by Crippen LogP contribution is 2.45. The van der Waals surface area contributed by atoms with Gasteiger partial charge in [0, 0.05) is 11.5 Å². The van der Waals surface area contributed by atoms with E-state index in [1.165, 1.54) is 50.5 Å². The van der Waals surface area contributed by atoms with Crippen LogP contribution in [-0.2, 0) is 5.41 Å². The third kappa shape index (κ3) is 3.24. The number of hydrogen-bond acceptors (Lipinski definition) is 2. The molecule has 1 aliphatic rings. The number of hydrazine groups is 1. The van der Waals surface area contributed by atoms with Crippen molar-refractivity contribution in [2.45, 2.75) is 70.3 Å². The Balaban J connectivity index is 2.22. The second-order valence-electron chi connectivity index (χ2n) is 6.58. The van der Waals surface area contributed by atoms with E-state index in [9.17, 15) is 0 Å². The van der Waals surface area contributed by atoms with Crippen LogP contribution in [0.3, 0.4) is 0 Å². The Bertz CT molecular complexity index is 382. The van der Waals surface area contributed by atoms with Gasteiger partial charge in [0.2, 0.25) is 0 Å². The molecule has 0 heterocycles. The normalized spacial score (nSPS) is 20.8. The molecule has 0 bridgehead atoms. The molecular weight excluding hydrogens is 244 g/mol. The Morgan fingerprint density at radius 3 is 2.40 bits per heavy atom. The molecular formula is C18H30N2. The van der Waals surface area contributed by atoms with Crippen LogP contribution in [0.25, 0.3) is 0 Å². The fourth-order valence-corrected chi connectivity index (χ4v) is 4.08. The SMILES string of the molecule is CCCC(C)CC(NN)C1(c2ccccc2)CCCC1. The standard InChI is InChI=1S/C18H30N2/c1-3-9-15(2)14-17(20-19)18(12-7-8-13-18)16-10-5-4-6-11-16/h4-6,10-11,15,17,20H,3,7-9,12-14,19H2,1-2H3. The van der Waals surface area contributed by atoms with Crippen LogP contribution in [0, 0.1) is 5.92 Å². The smallest absolute Gasteiger partial charge is 0.0309 e. The maximum Gasteiger partial charge on any atom is 0.0309 e. The Hall–Kier alpha value is -0.860. The molecule has 2 rings (SSSR count). The molecule has 0 spiro atoms. The van der Waals surface area contributed by atoms with Crippen molar-refractivity contribution in [1.29, 1.82) is 0 Å². The minimum absolute atomic E-state index is 0.248. The van der Waals surface area contributed by atoms with Gasteiger partial charge in [0.25, 0.3) is 0 Å². The Morgan fingerprint density at radius 2 is 1.85 bits per heavy atom. The lowest BCUT2D eigenvalue weighted by atomic mass is 9.70. The molecule has 112 valence electrons. The summed E-state index contributed by atoms with van der Waals surface area (Å²) in [4.78, 5) is 0. The van der Waals surface area contributed by atoms with Gasteiger partial charge in [-0.25, -0.2) is 0 Å². The molecule has 1 aromatic rings. The first kappa shape index (κ1) is 15.5. The second kappa shape index (κ2) is 7.24. The van der Waals surface area contributed by atoms with Gasteiger partial charge >= 0.3 is 0 Å². The maximum atomic E-state index is 5.97. The summed E-state index contributed by atoms with van der Waals surface area (Å²) in [7, 11) is 0. The molecule has 0 saturated heterocycles. The van der Waals surface area contributed by atoms with Crippen molar-refractivity contribution < 1.29 is 0 Å². The van der Waals surface area contributed by atoms with Crippen LogP contribution in [-0.4, -0.2) is 6.04 Å². The lowest BCUT2D eigenvalue weighted by molar-refractivity contribution is 0.250. The summed E-state index contributed by atoms with van der Waals surface area (Å²) in [5.74, 6) is 6.71. The van der Waals surface area contributed by atoms with Crippen molar-refractivity contribution in [3.05, 3.63) is 35.9 Å². The van der Waals surface area contributed by atoms with Crippen LogP contribution in [0.5, 0.6) is 0 Å². The monoisotopic (exact) mass is 274 g/mol. The van der Waals surface area contributed by atoms with Crippen molar-refractivity contribution in [3.63, 3.8) is 0 Å². The van der Waals surface area contributed by atoms with Crippen molar-refractivity contribution in [2.75, 3.05) is 0 Å². The summed E-state index contributed by atoms with van der Waals surface area (Å²) < 4.78 is 0. The minimum atomic E-state index is 0.248. The zero-order valence-corrected chi connectivity index (χ0v) is 13.1. The van der Waals surface area contributed by atoms with Crippen LogP contribution in [0.4, 0.5) is 0 Å². The Labute approximate surface area is 124 Å². The molecule has 3 N–H and O–H groups in total. The third-order valence-electron chi connectivity index (χ3n) is 5.13. The number of nitrogens with one attached hydrogen (secondary N) is 1. The third-order valence-corrected chi connectivity index (χ3v) is 5.13. The Morgan fingerprint density at radius 1 is 1.20 bits per heavy atom. The molecule has 2 nitrogen and oxygen atoms in total. The Kier molecular flexibility index (Phi) is 5.62. The van der Waals surface area contributed by atoms with Crippen LogP contribution in [0.1, 0.15) is 64.4 Å². The maximum absolute atomic E-state index is 5.97. The largest absolute Gasteiger partial charge is 0.271 e. The molecule has 0 aliphatic heterocycles. The molecule has 2 heteroatoms. The number of rotatable bonds is 7. The van der Waals surface area contributed by atoms with E-state index in [2.05, 4.69) is 49.6 Å². The number of nitrogens with two attached hydrogens (primary N) is 1. The first-order valence-corrected chi connectivity index (χ1v) is 8.24. The van der Waals surface area contributed by atoms with Crippen LogP contribution < -0.4 is 11.3 Å². The highest BCUT2D eigenvalue weighted by molar-refractivity contribution is 5.29. The summed E-state index contributed by atoms with van der Waals surface area (Å²) in [6.45, 7) is 4.63. The van der Waals surface area contributed by atoms with Crippen molar-refractivity contribution >= 4 is 0 Å². The molecule has 0 radical (unpaired) electrons. The van der Waals surface area contributed by atoms with Gasteiger partial charge in [-0.1, -0.05) is 69.9 Å². The van der Waals surface area contributed by atoms with E-state index in [-0.39, 0.29) is 5.41 Å². The summed E-state index contributed by atoms with van der Waals surface area (Å²) in [5.41, 5.74) is 4.90. The molecule has 1 aliphatic carbocycles. The van der Waals surface area contributed by atoms with E-state index in [4.69, 9.17) is 5.84 Å². The highest BCUT2D eigenvalue weighted by Gasteiger charge is 2.42. The zero-order chi connectivity index (χ0) is 14.4. The van der Waals surface area contributed by atoms with Crippen molar-refractivity contribution in [3.8, 4) is 0 Å². The molecule has 1 fully saturated rings. The molecule has 0 aromatic heterocycles. The van der Waals surface area contributed by atoms with Gasteiger partial charge < -0.3 is 0 Å². The first-order valence-electron chi connectivity index (χ1n) is 8.24. The van der Waals surface area contributed by atoms with E-state index in [0.29, 0.717) is 6.04 Å². The van der Waals surface area contributed by atoms with Gasteiger partial charge in [-0.3, -0.25) is 11.3 Å². The molecule has 1 saturated carbocycles. The lowest BCUT2D eigenvalue weighted by Crippen LogP contribution is -2.50. The fourth-order valence-electron chi connectivity index (χ4n) is 4.08.